The molecule has 1 atom stereocenters. The lowest BCUT2D eigenvalue weighted by Crippen LogP contribution is -2.06. The van der Waals surface area contributed by atoms with E-state index in [0.717, 1.165) is 19.3 Å². The molecule has 0 aliphatic heterocycles. The maximum atomic E-state index is 9.53. The first kappa shape index (κ1) is 20.6. The first-order valence-corrected chi connectivity index (χ1v) is 8.37. The predicted molar refractivity (Wildman–Crippen MR) is 88.8 cm³/mol. The minimum absolute atomic E-state index is 0.464. The van der Waals surface area contributed by atoms with Gasteiger partial charge in [0.25, 0.3) is 5.97 Å². The van der Waals surface area contributed by atoms with Gasteiger partial charge >= 0.3 is 0 Å². The highest BCUT2D eigenvalue weighted by Crippen LogP contribution is 2.12. The molecule has 22 heavy (non-hydrogen) atoms. The lowest BCUT2D eigenvalue weighted by Gasteiger charge is -2.09. The van der Waals surface area contributed by atoms with Crippen LogP contribution >= 0.6 is 0 Å². The number of aliphatic hydroxyl groups is 1. The molecule has 0 radical (unpaired) electrons. The third-order valence-corrected chi connectivity index (χ3v) is 3.37. The first-order chi connectivity index (χ1) is 10.5. The second-order valence-corrected chi connectivity index (χ2v) is 5.65. The lowest BCUT2D eigenvalue weighted by atomic mass is 10.1. The molecule has 5 nitrogen and oxygen atoms in total. The number of rotatable bonds is 10. The van der Waals surface area contributed by atoms with Crippen LogP contribution in [-0.4, -0.2) is 25.7 Å². The summed E-state index contributed by atoms with van der Waals surface area (Å²) in [6, 6.07) is 0. The Labute approximate surface area is 134 Å². The monoisotopic (exact) mass is 312 g/mol. The van der Waals surface area contributed by atoms with Gasteiger partial charge in [0.1, 0.15) is 11.9 Å². The van der Waals surface area contributed by atoms with Crippen molar-refractivity contribution in [2.75, 3.05) is 0 Å². The van der Waals surface area contributed by atoms with Crippen molar-refractivity contribution in [1.82, 2.24) is 9.55 Å². The van der Waals surface area contributed by atoms with Crippen molar-refractivity contribution in [3.05, 3.63) is 18.2 Å². The Hall–Kier alpha value is -1.36. The fourth-order valence-electron chi connectivity index (χ4n) is 2.29. The fourth-order valence-corrected chi connectivity index (χ4v) is 2.29. The summed E-state index contributed by atoms with van der Waals surface area (Å²) in [6.07, 6.45) is 13.9. The molecule has 0 amide bonds. The summed E-state index contributed by atoms with van der Waals surface area (Å²) >= 11 is 0. The van der Waals surface area contributed by atoms with E-state index < -0.39 is 12.1 Å². The maximum absolute atomic E-state index is 9.53. The highest BCUT2D eigenvalue weighted by molar-refractivity contribution is 5.62. The number of hydrogen-bond acceptors (Lipinski definition) is 3. The van der Waals surface area contributed by atoms with Crippen LogP contribution in [0.4, 0.5) is 0 Å². The van der Waals surface area contributed by atoms with Gasteiger partial charge in [0.2, 0.25) is 0 Å². The van der Waals surface area contributed by atoms with E-state index in [1.807, 2.05) is 6.20 Å². The highest BCUT2D eigenvalue weighted by atomic mass is 16.4. The summed E-state index contributed by atoms with van der Waals surface area (Å²) in [5, 5.41) is 16.9. The summed E-state index contributed by atoms with van der Waals surface area (Å²) in [7, 11) is 0. The van der Waals surface area contributed by atoms with Gasteiger partial charge in [-0.05, 0) is 13.3 Å². The fraction of sp³-hybridized carbons (Fsp3) is 0.765. The molecule has 1 rings (SSSR count). The van der Waals surface area contributed by atoms with Gasteiger partial charge in [0.05, 0.1) is 0 Å². The van der Waals surface area contributed by atoms with Crippen LogP contribution in [0.15, 0.2) is 12.4 Å². The molecule has 1 heterocycles. The number of aliphatic hydroxyl groups excluding tert-OH is 1. The Morgan fingerprint density at radius 1 is 1.18 bits per heavy atom. The number of carboxylic acids is 1. The second kappa shape index (κ2) is 13.3. The number of aryl methyl sites for hydroxylation is 1. The zero-order valence-corrected chi connectivity index (χ0v) is 14.3. The van der Waals surface area contributed by atoms with Crippen molar-refractivity contribution in [3.8, 4) is 0 Å². The summed E-state index contributed by atoms with van der Waals surface area (Å²) < 4.78 is 2.07. The molecule has 1 aromatic rings. The van der Waals surface area contributed by atoms with Crippen molar-refractivity contribution >= 4 is 5.97 Å². The van der Waals surface area contributed by atoms with Gasteiger partial charge < -0.3 is 14.8 Å². The van der Waals surface area contributed by atoms with E-state index >= 15 is 0 Å². The topological polar surface area (TPSA) is 75.3 Å². The molecule has 0 aromatic carbocycles. The Morgan fingerprint density at radius 2 is 1.68 bits per heavy atom. The van der Waals surface area contributed by atoms with Crippen molar-refractivity contribution in [3.63, 3.8) is 0 Å². The van der Waals surface area contributed by atoms with E-state index in [1.165, 1.54) is 51.4 Å². The van der Waals surface area contributed by atoms with Gasteiger partial charge in [-0.1, -0.05) is 51.9 Å². The molecule has 1 aromatic heterocycles. The van der Waals surface area contributed by atoms with Gasteiger partial charge in [-0.3, -0.25) is 4.79 Å². The van der Waals surface area contributed by atoms with Crippen LogP contribution in [0, 0.1) is 0 Å². The summed E-state index contributed by atoms with van der Waals surface area (Å²) in [5.74, 6) is -0.0436. The molecule has 5 heteroatoms. The van der Waals surface area contributed by atoms with Gasteiger partial charge in [-0.2, -0.15) is 0 Å². The average molecular weight is 312 g/mol. The largest absolute Gasteiger partial charge is 0.481 e. The number of carboxylic acid groups (broad SMARTS) is 1. The molecule has 0 aliphatic rings. The minimum Gasteiger partial charge on any atom is -0.481 e. The van der Waals surface area contributed by atoms with E-state index in [0.29, 0.717) is 0 Å². The summed E-state index contributed by atoms with van der Waals surface area (Å²) in [5.41, 5.74) is 0. The van der Waals surface area contributed by atoms with Crippen LogP contribution in [-0.2, 0) is 11.3 Å². The van der Waals surface area contributed by atoms with Crippen molar-refractivity contribution in [1.29, 1.82) is 0 Å². The Morgan fingerprint density at radius 3 is 2.18 bits per heavy atom. The molecule has 0 saturated carbocycles. The van der Waals surface area contributed by atoms with Crippen LogP contribution in [0.3, 0.4) is 0 Å². The van der Waals surface area contributed by atoms with Gasteiger partial charge in [0, 0.05) is 25.9 Å². The van der Waals surface area contributed by atoms with E-state index in [2.05, 4.69) is 16.5 Å². The number of aliphatic carboxylic acids is 1. The molecule has 0 spiro atoms. The van der Waals surface area contributed by atoms with E-state index in [1.54, 1.807) is 13.1 Å². The lowest BCUT2D eigenvalue weighted by molar-refractivity contribution is -0.134. The molecule has 0 aliphatic carbocycles. The van der Waals surface area contributed by atoms with Crippen LogP contribution < -0.4 is 0 Å². The van der Waals surface area contributed by atoms with Gasteiger partial charge in [0.15, 0.2) is 0 Å². The van der Waals surface area contributed by atoms with Gasteiger partial charge in [-0.25, -0.2) is 4.98 Å². The van der Waals surface area contributed by atoms with Crippen LogP contribution in [0.2, 0.25) is 0 Å². The van der Waals surface area contributed by atoms with Crippen molar-refractivity contribution in [2.45, 2.75) is 84.8 Å². The predicted octanol–water partition coefficient (Wildman–Crippen LogP) is 4.17. The number of imidazole rings is 1. The number of aromatic nitrogens is 2. The average Bonchev–Trinajstić information content (AvgIpc) is 2.90. The molecule has 128 valence electrons. The number of carbonyl (C=O) groups is 1. The Kier molecular flexibility index (Phi) is 12.5. The zero-order chi connectivity index (χ0) is 16.8. The molecule has 1 unspecified atom stereocenters. The Bertz CT molecular complexity index is 385. The van der Waals surface area contributed by atoms with Crippen molar-refractivity contribution < 1.29 is 15.0 Å². The van der Waals surface area contributed by atoms with Crippen LogP contribution in [0.25, 0.3) is 0 Å². The minimum atomic E-state index is -0.833. The third-order valence-electron chi connectivity index (χ3n) is 3.37. The summed E-state index contributed by atoms with van der Waals surface area (Å²) in [6.45, 7) is 6.09. The molecular formula is C17H32N2O3. The molecule has 0 fully saturated rings. The van der Waals surface area contributed by atoms with Crippen LogP contribution in [0.1, 0.15) is 84.1 Å². The van der Waals surface area contributed by atoms with Gasteiger partial charge in [-0.15, -0.1) is 0 Å². The molecule has 0 bridgehead atoms. The standard InChI is InChI=1S/C15H28N2O.C2H4O2/c1-3-4-5-6-7-8-9-10-12-17-13-11-16-15(17)14(2)18;1-2(3)4/h11,13-14,18H,3-10,12H2,1-2H3;1H3,(H,3,4). The molecule has 2 N–H and O–H groups in total. The first-order valence-electron chi connectivity index (χ1n) is 8.37. The van der Waals surface area contributed by atoms with Crippen LogP contribution in [0.5, 0.6) is 0 Å². The Balaban J connectivity index is 0.000000980. The smallest absolute Gasteiger partial charge is 0.300 e. The third kappa shape index (κ3) is 11.3. The highest BCUT2D eigenvalue weighted by Gasteiger charge is 2.07. The number of nitrogens with zero attached hydrogens (tertiary/aromatic N) is 2. The number of unbranched alkanes of at least 4 members (excludes halogenated alkanes) is 7. The normalized spacial score (nSPS) is 11.6. The maximum Gasteiger partial charge on any atom is 0.300 e. The second-order valence-electron chi connectivity index (χ2n) is 5.65. The van der Waals surface area contributed by atoms with E-state index in [9.17, 15) is 5.11 Å². The van der Waals surface area contributed by atoms with Crippen molar-refractivity contribution in [2.24, 2.45) is 0 Å². The molecule has 0 saturated heterocycles. The van der Waals surface area contributed by atoms with E-state index in [-0.39, 0.29) is 0 Å². The SMILES string of the molecule is CC(=O)O.CCCCCCCCCCn1ccnc1C(C)O. The quantitative estimate of drug-likeness (QED) is 0.636. The molecular weight excluding hydrogens is 280 g/mol. The summed E-state index contributed by atoms with van der Waals surface area (Å²) in [4.78, 5) is 13.2. The zero-order valence-electron chi connectivity index (χ0n) is 14.3. The number of hydrogen-bond donors (Lipinski definition) is 2. The van der Waals surface area contributed by atoms with E-state index in [4.69, 9.17) is 9.90 Å².